The van der Waals surface area contributed by atoms with Gasteiger partial charge in [0.25, 0.3) is 0 Å². The van der Waals surface area contributed by atoms with Crippen molar-refractivity contribution in [2.45, 2.75) is 25.7 Å². The van der Waals surface area contributed by atoms with Gasteiger partial charge in [-0.2, -0.15) is 0 Å². The molecule has 0 atom stereocenters. The molecule has 0 spiro atoms. The van der Waals surface area contributed by atoms with Gasteiger partial charge in [-0.05, 0) is 12.8 Å². The van der Waals surface area contributed by atoms with Crippen LogP contribution in [0.15, 0.2) is 25.3 Å². The minimum atomic E-state index is -1.11. The number of ether oxygens (including phenoxy) is 2. The summed E-state index contributed by atoms with van der Waals surface area (Å²) in [7, 11) is 0. The largest absolute Gasteiger partial charge is 0.461 e. The molecule has 0 radical (unpaired) electrons. The molecule has 17 heavy (non-hydrogen) atoms. The minimum absolute atomic E-state index is 0.120. The van der Waals surface area contributed by atoms with Gasteiger partial charge < -0.3 is 9.47 Å². The molecule has 4 nitrogen and oxygen atoms in total. The summed E-state index contributed by atoms with van der Waals surface area (Å²) in [5.74, 6) is -0.993. The van der Waals surface area contributed by atoms with Gasteiger partial charge in [0.2, 0.25) is 0 Å². The molecule has 0 saturated heterocycles. The van der Waals surface area contributed by atoms with Crippen LogP contribution in [0, 0.1) is 5.41 Å². The average Bonchev–Trinajstić information content (AvgIpc) is 2.83. The summed E-state index contributed by atoms with van der Waals surface area (Å²) in [4.78, 5) is 23.9. The maximum atomic E-state index is 11.9. The molecule has 4 heteroatoms. The first kappa shape index (κ1) is 13.5. The first-order valence-electron chi connectivity index (χ1n) is 5.73. The fourth-order valence-electron chi connectivity index (χ4n) is 2.02. The highest BCUT2D eigenvalue weighted by Crippen LogP contribution is 2.40. The second-order valence-electron chi connectivity index (χ2n) is 4.06. The van der Waals surface area contributed by atoms with Gasteiger partial charge in [0.05, 0.1) is 0 Å². The second kappa shape index (κ2) is 6.23. The summed E-state index contributed by atoms with van der Waals surface area (Å²) in [5, 5.41) is 0. The molecule has 0 N–H and O–H groups in total. The summed E-state index contributed by atoms with van der Waals surface area (Å²) >= 11 is 0. The van der Waals surface area contributed by atoms with Crippen molar-refractivity contribution in [3.63, 3.8) is 0 Å². The molecule has 1 aliphatic carbocycles. The van der Waals surface area contributed by atoms with Gasteiger partial charge in [-0.1, -0.05) is 38.2 Å². The van der Waals surface area contributed by atoms with Crippen LogP contribution < -0.4 is 0 Å². The first-order chi connectivity index (χ1) is 8.17. The zero-order chi connectivity index (χ0) is 12.7. The van der Waals surface area contributed by atoms with Crippen molar-refractivity contribution in [1.82, 2.24) is 0 Å². The fraction of sp³-hybridized carbons (Fsp3) is 0.538. The quantitative estimate of drug-likeness (QED) is 0.403. The lowest BCUT2D eigenvalue weighted by molar-refractivity contribution is -0.170. The topological polar surface area (TPSA) is 52.6 Å². The highest BCUT2D eigenvalue weighted by molar-refractivity contribution is 6.00. The zero-order valence-corrected chi connectivity index (χ0v) is 9.94. The third-order valence-corrected chi connectivity index (χ3v) is 2.90. The maximum absolute atomic E-state index is 11.9. The van der Waals surface area contributed by atoms with Crippen molar-refractivity contribution in [1.29, 1.82) is 0 Å². The van der Waals surface area contributed by atoms with Gasteiger partial charge in [-0.3, -0.25) is 9.59 Å². The van der Waals surface area contributed by atoms with Gasteiger partial charge in [-0.25, -0.2) is 0 Å². The molecule has 0 aliphatic heterocycles. The monoisotopic (exact) mass is 238 g/mol. The van der Waals surface area contributed by atoms with Crippen molar-refractivity contribution in [3.8, 4) is 0 Å². The number of carbonyl (C=O) groups is 2. The standard InChI is InChI=1S/C13H18O4/c1-3-9-16-11(14)13(7-5-6-8-13)12(15)17-10-4-2/h3-4H,1-2,5-10H2. The predicted molar refractivity (Wildman–Crippen MR) is 63.2 cm³/mol. The lowest BCUT2D eigenvalue weighted by Crippen LogP contribution is -2.39. The molecule has 94 valence electrons. The van der Waals surface area contributed by atoms with Crippen LogP contribution in [0.3, 0.4) is 0 Å². The highest BCUT2D eigenvalue weighted by Gasteiger charge is 2.50. The Hall–Kier alpha value is -1.58. The normalized spacial score (nSPS) is 17.2. The van der Waals surface area contributed by atoms with Gasteiger partial charge in [-0.15, -0.1) is 0 Å². The van der Waals surface area contributed by atoms with Gasteiger partial charge in [0, 0.05) is 0 Å². The smallest absolute Gasteiger partial charge is 0.323 e. The van der Waals surface area contributed by atoms with Crippen molar-refractivity contribution >= 4 is 11.9 Å². The lowest BCUT2D eigenvalue weighted by atomic mass is 9.86. The van der Waals surface area contributed by atoms with Crippen LogP contribution in [0.4, 0.5) is 0 Å². The Morgan fingerprint density at radius 2 is 1.41 bits per heavy atom. The Kier molecular flexibility index (Phi) is 4.94. The van der Waals surface area contributed by atoms with E-state index in [1.807, 2.05) is 0 Å². The van der Waals surface area contributed by atoms with Crippen molar-refractivity contribution in [2.24, 2.45) is 5.41 Å². The molecule has 0 aromatic heterocycles. The minimum Gasteiger partial charge on any atom is -0.461 e. The molecule has 0 bridgehead atoms. The molecule has 1 aliphatic rings. The maximum Gasteiger partial charge on any atom is 0.323 e. The second-order valence-corrected chi connectivity index (χ2v) is 4.06. The first-order valence-corrected chi connectivity index (χ1v) is 5.73. The SMILES string of the molecule is C=CCOC(=O)C1(C(=O)OCC=C)CCCC1. The van der Waals surface area contributed by atoms with E-state index in [0.717, 1.165) is 12.8 Å². The summed E-state index contributed by atoms with van der Waals surface area (Å²) in [6.07, 6.45) is 5.64. The number of carbonyl (C=O) groups excluding carboxylic acids is 2. The molecule has 0 aromatic carbocycles. The van der Waals surface area contributed by atoms with Crippen molar-refractivity contribution in [3.05, 3.63) is 25.3 Å². The van der Waals surface area contributed by atoms with Crippen LogP contribution in [-0.2, 0) is 19.1 Å². The van der Waals surface area contributed by atoms with Crippen LogP contribution in [0.25, 0.3) is 0 Å². The third kappa shape index (κ3) is 2.96. The number of esters is 2. The fourth-order valence-corrected chi connectivity index (χ4v) is 2.02. The summed E-state index contributed by atoms with van der Waals surface area (Å²) < 4.78 is 9.99. The Bertz CT molecular complexity index is 287. The van der Waals surface area contributed by atoms with Crippen molar-refractivity contribution in [2.75, 3.05) is 13.2 Å². The van der Waals surface area contributed by atoms with Crippen LogP contribution in [0.1, 0.15) is 25.7 Å². The average molecular weight is 238 g/mol. The molecular formula is C13H18O4. The summed E-state index contributed by atoms with van der Waals surface area (Å²) in [5.41, 5.74) is -1.11. The third-order valence-electron chi connectivity index (χ3n) is 2.90. The Morgan fingerprint density at radius 1 is 1.00 bits per heavy atom. The number of hydrogen-bond acceptors (Lipinski definition) is 4. The van der Waals surface area contributed by atoms with Crippen LogP contribution in [0.2, 0.25) is 0 Å². The Balaban J connectivity index is 2.73. The van der Waals surface area contributed by atoms with E-state index in [2.05, 4.69) is 13.2 Å². The molecule has 1 rings (SSSR count). The molecular weight excluding hydrogens is 220 g/mol. The highest BCUT2D eigenvalue weighted by atomic mass is 16.6. The van der Waals surface area contributed by atoms with E-state index in [0.29, 0.717) is 12.8 Å². The van der Waals surface area contributed by atoms with E-state index in [1.165, 1.54) is 12.2 Å². The Morgan fingerprint density at radius 3 is 1.76 bits per heavy atom. The summed E-state index contributed by atoms with van der Waals surface area (Å²) in [6, 6.07) is 0. The van der Waals surface area contributed by atoms with Crippen molar-refractivity contribution < 1.29 is 19.1 Å². The van der Waals surface area contributed by atoms with E-state index in [1.54, 1.807) is 0 Å². The van der Waals surface area contributed by atoms with E-state index in [9.17, 15) is 9.59 Å². The van der Waals surface area contributed by atoms with Crippen LogP contribution in [0.5, 0.6) is 0 Å². The Labute approximate surface area is 101 Å². The molecule has 0 amide bonds. The predicted octanol–water partition coefficient (Wildman–Crippen LogP) is 2.01. The number of hydrogen-bond donors (Lipinski definition) is 0. The molecule has 1 fully saturated rings. The van der Waals surface area contributed by atoms with Crippen LogP contribution >= 0.6 is 0 Å². The molecule has 0 heterocycles. The van der Waals surface area contributed by atoms with Gasteiger partial charge in [0.15, 0.2) is 5.41 Å². The molecule has 0 unspecified atom stereocenters. The molecule has 1 saturated carbocycles. The number of rotatable bonds is 6. The van der Waals surface area contributed by atoms with Gasteiger partial charge in [0.1, 0.15) is 13.2 Å². The lowest BCUT2D eigenvalue weighted by Gasteiger charge is -2.23. The zero-order valence-electron chi connectivity index (χ0n) is 9.94. The summed E-state index contributed by atoms with van der Waals surface area (Å²) in [6.45, 7) is 7.18. The van der Waals surface area contributed by atoms with E-state index < -0.39 is 17.4 Å². The van der Waals surface area contributed by atoms with E-state index >= 15 is 0 Å². The van der Waals surface area contributed by atoms with Gasteiger partial charge >= 0.3 is 11.9 Å². The van der Waals surface area contributed by atoms with Crippen LogP contribution in [-0.4, -0.2) is 25.2 Å². The van der Waals surface area contributed by atoms with E-state index in [4.69, 9.17) is 9.47 Å². The molecule has 0 aromatic rings. The van der Waals surface area contributed by atoms with E-state index in [-0.39, 0.29) is 13.2 Å².